The molecule has 0 aromatic carbocycles. The summed E-state index contributed by atoms with van der Waals surface area (Å²) >= 11 is 0. The average molecular weight is 290 g/mol. The second-order valence-electron chi connectivity index (χ2n) is 7.18. The van der Waals surface area contributed by atoms with E-state index < -0.39 is 0 Å². The molecule has 4 atom stereocenters. The Kier molecular flexibility index (Phi) is 5.02. The SMILES string of the molecule is CC1CCC(C)C(NCC(c2ccco2)N2CCCC2)C1. The normalized spacial score (nSPS) is 32.4. The second kappa shape index (κ2) is 6.97. The molecule has 3 nitrogen and oxygen atoms in total. The van der Waals surface area contributed by atoms with Gasteiger partial charge in [0.2, 0.25) is 0 Å². The van der Waals surface area contributed by atoms with Crippen LogP contribution in [0.5, 0.6) is 0 Å². The van der Waals surface area contributed by atoms with E-state index in [1.54, 1.807) is 0 Å². The van der Waals surface area contributed by atoms with Gasteiger partial charge in [-0.25, -0.2) is 0 Å². The summed E-state index contributed by atoms with van der Waals surface area (Å²) in [7, 11) is 0. The van der Waals surface area contributed by atoms with Gasteiger partial charge in [-0.1, -0.05) is 20.3 Å². The number of hydrogen-bond donors (Lipinski definition) is 1. The van der Waals surface area contributed by atoms with Gasteiger partial charge in [0.1, 0.15) is 5.76 Å². The van der Waals surface area contributed by atoms with Crippen molar-refractivity contribution in [2.24, 2.45) is 11.8 Å². The van der Waals surface area contributed by atoms with E-state index >= 15 is 0 Å². The molecule has 2 aliphatic rings. The van der Waals surface area contributed by atoms with E-state index in [1.807, 2.05) is 12.3 Å². The van der Waals surface area contributed by atoms with Gasteiger partial charge < -0.3 is 9.73 Å². The number of nitrogens with zero attached hydrogens (tertiary/aromatic N) is 1. The van der Waals surface area contributed by atoms with E-state index in [2.05, 4.69) is 30.1 Å². The van der Waals surface area contributed by atoms with Crippen molar-refractivity contribution >= 4 is 0 Å². The first-order valence-corrected chi connectivity index (χ1v) is 8.75. The highest BCUT2D eigenvalue weighted by Gasteiger charge is 2.29. The number of rotatable bonds is 5. The molecule has 3 heteroatoms. The zero-order chi connectivity index (χ0) is 14.7. The molecule has 1 saturated carbocycles. The lowest BCUT2D eigenvalue weighted by Gasteiger charge is -2.35. The van der Waals surface area contributed by atoms with Crippen molar-refractivity contribution in [1.29, 1.82) is 0 Å². The van der Waals surface area contributed by atoms with E-state index in [-0.39, 0.29) is 0 Å². The summed E-state index contributed by atoms with van der Waals surface area (Å²) in [6.45, 7) is 8.24. The van der Waals surface area contributed by atoms with Gasteiger partial charge in [-0.15, -0.1) is 0 Å². The quantitative estimate of drug-likeness (QED) is 0.893. The number of hydrogen-bond acceptors (Lipinski definition) is 3. The second-order valence-corrected chi connectivity index (χ2v) is 7.18. The zero-order valence-corrected chi connectivity index (χ0v) is 13.6. The minimum atomic E-state index is 0.409. The monoisotopic (exact) mass is 290 g/mol. The Balaban J connectivity index is 1.61. The maximum Gasteiger partial charge on any atom is 0.122 e. The molecule has 0 radical (unpaired) electrons. The fourth-order valence-corrected chi connectivity index (χ4v) is 4.02. The third kappa shape index (κ3) is 3.70. The lowest BCUT2D eigenvalue weighted by atomic mass is 9.80. The van der Waals surface area contributed by atoms with Crippen molar-refractivity contribution in [1.82, 2.24) is 10.2 Å². The Morgan fingerprint density at radius 1 is 1.29 bits per heavy atom. The lowest BCUT2D eigenvalue weighted by molar-refractivity contribution is 0.176. The Morgan fingerprint density at radius 2 is 2.10 bits per heavy atom. The standard InChI is InChI=1S/C18H30N2O/c1-14-7-8-15(2)16(12-14)19-13-17(18-6-5-11-21-18)20-9-3-4-10-20/h5-6,11,14-17,19H,3-4,7-10,12-13H2,1-2H3. The van der Waals surface area contributed by atoms with Crippen molar-refractivity contribution in [2.45, 2.75) is 58.0 Å². The van der Waals surface area contributed by atoms with Crippen LogP contribution in [0.15, 0.2) is 22.8 Å². The van der Waals surface area contributed by atoms with Crippen molar-refractivity contribution in [3.05, 3.63) is 24.2 Å². The van der Waals surface area contributed by atoms with Gasteiger partial charge in [-0.2, -0.15) is 0 Å². The van der Waals surface area contributed by atoms with E-state index in [0.717, 1.165) is 24.1 Å². The average Bonchev–Trinajstić information content (AvgIpc) is 3.16. The summed E-state index contributed by atoms with van der Waals surface area (Å²) in [6, 6.07) is 5.24. The molecule has 1 saturated heterocycles. The summed E-state index contributed by atoms with van der Waals surface area (Å²) in [4.78, 5) is 2.59. The minimum Gasteiger partial charge on any atom is -0.468 e. The Labute approximate surface area is 129 Å². The Bertz CT molecular complexity index is 411. The minimum absolute atomic E-state index is 0.409. The predicted octanol–water partition coefficient (Wildman–Crippen LogP) is 3.83. The molecule has 1 aliphatic heterocycles. The van der Waals surface area contributed by atoms with Crippen LogP contribution >= 0.6 is 0 Å². The molecular weight excluding hydrogens is 260 g/mol. The topological polar surface area (TPSA) is 28.4 Å². The molecule has 2 heterocycles. The molecule has 0 spiro atoms. The van der Waals surface area contributed by atoms with Gasteiger partial charge in [0.05, 0.1) is 12.3 Å². The zero-order valence-electron chi connectivity index (χ0n) is 13.6. The van der Waals surface area contributed by atoms with Crippen LogP contribution < -0.4 is 5.32 Å². The molecule has 1 aliphatic carbocycles. The summed E-state index contributed by atoms with van der Waals surface area (Å²) in [5.74, 6) is 2.80. The maximum absolute atomic E-state index is 5.71. The first-order chi connectivity index (χ1) is 10.2. The van der Waals surface area contributed by atoms with Gasteiger partial charge in [0, 0.05) is 12.6 Å². The van der Waals surface area contributed by atoms with Gasteiger partial charge in [-0.05, 0) is 62.7 Å². The molecule has 118 valence electrons. The Morgan fingerprint density at radius 3 is 2.81 bits per heavy atom. The third-order valence-corrected chi connectivity index (χ3v) is 5.48. The van der Waals surface area contributed by atoms with Crippen LogP contribution in [-0.2, 0) is 0 Å². The predicted molar refractivity (Wildman–Crippen MR) is 86.2 cm³/mol. The van der Waals surface area contributed by atoms with Crippen LogP contribution in [0.25, 0.3) is 0 Å². The molecule has 2 fully saturated rings. The van der Waals surface area contributed by atoms with Crippen LogP contribution in [-0.4, -0.2) is 30.6 Å². The van der Waals surface area contributed by atoms with Crippen LogP contribution in [0.3, 0.4) is 0 Å². The van der Waals surface area contributed by atoms with E-state index in [0.29, 0.717) is 12.1 Å². The summed E-state index contributed by atoms with van der Waals surface area (Å²) in [5, 5.41) is 3.87. The number of nitrogens with one attached hydrogen (secondary N) is 1. The van der Waals surface area contributed by atoms with Gasteiger partial charge in [-0.3, -0.25) is 4.90 Å². The summed E-state index contributed by atoms with van der Waals surface area (Å²) < 4.78 is 5.71. The molecule has 1 aromatic rings. The Hall–Kier alpha value is -0.800. The molecular formula is C18H30N2O. The van der Waals surface area contributed by atoms with E-state index in [9.17, 15) is 0 Å². The van der Waals surface area contributed by atoms with Crippen LogP contribution in [0.1, 0.15) is 57.8 Å². The number of furan rings is 1. The molecule has 1 N–H and O–H groups in total. The van der Waals surface area contributed by atoms with E-state index in [4.69, 9.17) is 4.42 Å². The molecule has 0 amide bonds. The van der Waals surface area contributed by atoms with Crippen molar-refractivity contribution in [2.75, 3.05) is 19.6 Å². The maximum atomic E-state index is 5.71. The lowest BCUT2D eigenvalue weighted by Crippen LogP contribution is -2.44. The highest BCUT2D eigenvalue weighted by atomic mass is 16.3. The third-order valence-electron chi connectivity index (χ3n) is 5.48. The molecule has 21 heavy (non-hydrogen) atoms. The first kappa shape index (κ1) is 15.1. The van der Waals surface area contributed by atoms with Crippen molar-refractivity contribution < 1.29 is 4.42 Å². The van der Waals surface area contributed by atoms with Crippen molar-refractivity contribution in [3.63, 3.8) is 0 Å². The van der Waals surface area contributed by atoms with Crippen molar-refractivity contribution in [3.8, 4) is 0 Å². The summed E-state index contributed by atoms with van der Waals surface area (Å²) in [5.41, 5.74) is 0. The van der Waals surface area contributed by atoms with Gasteiger partial charge >= 0.3 is 0 Å². The van der Waals surface area contributed by atoms with Crippen LogP contribution in [0, 0.1) is 11.8 Å². The molecule has 4 unspecified atom stereocenters. The molecule has 0 bridgehead atoms. The largest absolute Gasteiger partial charge is 0.468 e. The summed E-state index contributed by atoms with van der Waals surface area (Å²) in [6.07, 6.45) is 8.55. The highest BCUT2D eigenvalue weighted by Crippen LogP contribution is 2.30. The smallest absolute Gasteiger partial charge is 0.122 e. The van der Waals surface area contributed by atoms with Crippen LogP contribution in [0.4, 0.5) is 0 Å². The van der Waals surface area contributed by atoms with Crippen LogP contribution in [0.2, 0.25) is 0 Å². The van der Waals surface area contributed by atoms with Gasteiger partial charge in [0.15, 0.2) is 0 Å². The highest BCUT2D eigenvalue weighted by molar-refractivity contribution is 5.06. The first-order valence-electron chi connectivity index (χ1n) is 8.75. The van der Waals surface area contributed by atoms with Gasteiger partial charge in [0.25, 0.3) is 0 Å². The molecule has 3 rings (SSSR count). The van der Waals surface area contributed by atoms with E-state index in [1.165, 1.54) is 45.2 Å². The molecule has 1 aromatic heterocycles. The fraction of sp³-hybridized carbons (Fsp3) is 0.778. The number of likely N-dealkylation sites (tertiary alicyclic amines) is 1. The fourth-order valence-electron chi connectivity index (χ4n) is 4.02.